The van der Waals surface area contributed by atoms with E-state index in [-0.39, 0.29) is 24.0 Å². The van der Waals surface area contributed by atoms with Gasteiger partial charge in [0.05, 0.1) is 25.8 Å². The molecule has 1 aliphatic rings. The Balaban J connectivity index is 0.00000280. The lowest BCUT2D eigenvalue weighted by atomic mass is 10.2. The number of hydrogen-bond donors (Lipinski definition) is 1. The number of ether oxygens (including phenoxy) is 2. The third kappa shape index (κ3) is 5.44. The molecule has 0 saturated carbocycles. The van der Waals surface area contributed by atoms with Gasteiger partial charge in [-0.1, -0.05) is 12.1 Å². The van der Waals surface area contributed by atoms with Crippen LogP contribution in [0.3, 0.4) is 0 Å². The molecule has 28 heavy (non-hydrogen) atoms. The van der Waals surface area contributed by atoms with Crippen molar-refractivity contribution < 1.29 is 9.47 Å². The average Bonchev–Trinajstić information content (AvgIpc) is 3.25. The summed E-state index contributed by atoms with van der Waals surface area (Å²) in [6, 6.07) is 10.2. The predicted molar refractivity (Wildman–Crippen MR) is 128 cm³/mol. The Labute approximate surface area is 188 Å². The van der Waals surface area contributed by atoms with E-state index in [2.05, 4.69) is 39.6 Å². The zero-order chi connectivity index (χ0) is 19.1. The molecule has 1 aromatic carbocycles. The highest BCUT2D eigenvalue weighted by Gasteiger charge is 2.20. The maximum Gasteiger partial charge on any atom is 0.194 e. The van der Waals surface area contributed by atoms with Crippen molar-refractivity contribution in [1.82, 2.24) is 10.2 Å². The van der Waals surface area contributed by atoms with Gasteiger partial charge in [-0.15, -0.1) is 35.3 Å². The van der Waals surface area contributed by atoms with Crippen LogP contribution < -0.4 is 19.7 Å². The number of para-hydroxylation sites is 1. The average molecular weight is 516 g/mol. The van der Waals surface area contributed by atoms with E-state index in [9.17, 15) is 0 Å². The molecule has 1 aliphatic heterocycles. The van der Waals surface area contributed by atoms with Crippen molar-refractivity contribution in [2.24, 2.45) is 4.99 Å². The third-order valence-corrected chi connectivity index (χ3v) is 5.54. The fourth-order valence-electron chi connectivity index (χ4n) is 3.25. The number of rotatable bonds is 6. The van der Waals surface area contributed by atoms with Crippen LogP contribution in [0, 0.1) is 0 Å². The third-order valence-electron chi connectivity index (χ3n) is 4.62. The van der Waals surface area contributed by atoms with Crippen LogP contribution in [0.25, 0.3) is 0 Å². The zero-order valence-corrected chi connectivity index (χ0v) is 19.8. The molecule has 0 aliphatic carbocycles. The minimum absolute atomic E-state index is 0. The topological polar surface area (TPSA) is 49.3 Å². The molecule has 0 atom stereocenters. The number of anilines is 1. The summed E-state index contributed by atoms with van der Waals surface area (Å²) < 4.78 is 10.9. The highest BCUT2D eigenvalue weighted by Crippen LogP contribution is 2.31. The molecule has 1 fully saturated rings. The molecule has 1 saturated heterocycles. The standard InChI is InChI=1S/C20H28N4O2S.HI/c1-4-21-20(22-15-16-7-5-8-17(25-2)19(16)26-3)24-12-10-23(11-13-24)18-9-6-14-27-18;/h5-9,14H,4,10-13,15H2,1-3H3,(H,21,22);1H. The molecule has 8 heteroatoms. The van der Waals surface area contributed by atoms with E-state index in [0.717, 1.165) is 55.7 Å². The van der Waals surface area contributed by atoms with E-state index in [0.29, 0.717) is 6.54 Å². The first-order valence-corrected chi connectivity index (χ1v) is 10.2. The second-order valence-corrected chi connectivity index (χ2v) is 7.17. The number of aliphatic imine (C=N–C) groups is 1. The summed E-state index contributed by atoms with van der Waals surface area (Å²) in [7, 11) is 3.32. The number of nitrogens with zero attached hydrogens (tertiary/aromatic N) is 3. The lowest BCUT2D eigenvalue weighted by Crippen LogP contribution is -2.52. The molecule has 0 bridgehead atoms. The maximum atomic E-state index is 5.53. The minimum atomic E-state index is 0. The Morgan fingerprint density at radius 3 is 2.50 bits per heavy atom. The van der Waals surface area contributed by atoms with Gasteiger partial charge in [0.25, 0.3) is 0 Å². The fraction of sp³-hybridized carbons (Fsp3) is 0.450. The summed E-state index contributed by atoms with van der Waals surface area (Å²) in [5.74, 6) is 2.44. The van der Waals surface area contributed by atoms with Crippen molar-refractivity contribution in [1.29, 1.82) is 0 Å². The smallest absolute Gasteiger partial charge is 0.194 e. The second kappa shape index (κ2) is 11.4. The molecule has 0 amide bonds. The van der Waals surface area contributed by atoms with Crippen LogP contribution in [0.5, 0.6) is 11.5 Å². The van der Waals surface area contributed by atoms with Gasteiger partial charge in [-0.3, -0.25) is 0 Å². The van der Waals surface area contributed by atoms with Crippen LogP contribution in [-0.4, -0.2) is 57.8 Å². The summed E-state index contributed by atoms with van der Waals surface area (Å²) >= 11 is 1.80. The molecule has 3 rings (SSSR count). The van der Waals surface area contributed by atoms with Gasteiger partial charge in [0, 0.05) is 38.3 Å². The van der Waals surface area contributed by atoms with Crippen LogP contribution in [-0.2, 0) is 6.54 Å². The van der Waals surface area contributed by atoms with Gasteiger partial charge in [-0.2, -0.15) is 0 Å². The molecule has 1 N–H and O–H groups in total. The molecule has 2 heterocycles. The second-order valence-electron chi connectivity index (χ2n) is 6.25. The van der Waals surface area contributed by atoms with Gasteiger partial charge >= 0.3 is 0 Å². The number of methoxy groups -OCH3 is 2. The van der Waals surface area contributed by atoms with Crippen molar-refractivity contribution in [2.75, 3.05) is 51.8 Å². The Morgan fingerprint density at radius 1 is 1.11 bits per heavy atom. The fourth-order valence-corrected chi connectivity index (χ4v) is 4.04. The molecule has 0 unspecified atom stereocenters. The number of hydrogen-bond acceptors (Lipinski definition) is 5. The lowest BCUT2D eigenvalue weighted by Gasteiger charge is -2.37. The van der Waals surface area contributed by atoms with Gasteiger partial charge in [0.1, 0.15) is 0 Å². The molecular weight excluding hydrogens is 487 g/mol. The number of nitrogens with one attached hydrogen (secondary N) is 1. The normalized spacial score (nSPS) is 14.5. The van der Waals surface area contributed by atoms with Crippen LogP contribution >= 0.6 is 35.3 Å². The van der Waals surface area contributed by atoms with E-state index in [4.69, 9.17) is 14.5 Å². The van der Waals surface area contributed by atoms with Crippen molar-refractivity contribution in [2.45, 2.75) is 13.5 Å². The lowest BCUT2D eigenvalue weighted by molar-refractivity contribution is 0.351. The molecule has 6 nitrogen and oxygen atoms in total. The number of guanidine groups is 1. The molecule has 0 radical (unpaired) electrons. The largest absolute Gasteiger partial charge is 0.493 e. The monoisotopic (exact) mass is 516 g/mol. The summed E-state index contributed by atoms with van der Waals surface area (Å²) in [6.07, 6.45) is 0. The summed E-state index contributed by atoms with van der Waals surface area (Å²) in [4.78, 5) is 9.63. The summed E-state index contributed by atoms with van der Waals surface area (Å²) in [6.45, 7) is 7.43. The highest BCUT2D eigenvalue weighted by atomic mass is 127. The van der Waals surface area contributed by atoms with Crippen LogP contribution in [0.1, 0.15) is 12.5 Å². The van der Waals surface area contributed by atoms with Crippen LogP contribution in [0.15, 0.2) is 40.7 Å². The zero-order valence-electron chi connectivity index (χ0n) is 16.7. The first kappa shape index (κ1) is 22.6. The first-order chi connectivity index (χ1) is 13.3. The van der Waals surface area contributed by atoms with Gasteiger partial charge in [0.2, 0.25) is 0 Å². The minimum Gasteiger partial charge on any atom is -0.493 e. The van der Waals surface area contributed by atoms with Gasteiger partial charge in [-0.05, 0) is 30.5 Å². The molecule has 1 aromatic heterocycles. The van der Waals surface area contributed by atoms with Crippen molar-refractivity contribution in [3.05, 3.63) is 41.3 Å². The van der Waals surface area contributed by atoms with Crippen molar-refractivity contribution in [3.8, 4) is 11.5 Å². The van der Waals surface area contributed by atoms with E-state index < -0.39 is 0 Å². The molecule has 0 spiro atoms. The molecular formula is C20H29IN4O2S. The Kier molecular flexibility index (Phi) is 9.17. The predicted octanol–water partition coefficient (Wildman–Crippen LogP) is 3.67. The van der Waals surface area contributed by atoms with Crippen LogP contribution in [0.4, 0.5) is 5.00 Å². The van der Waals surface area contributed by atoms with Crippen molar-refractivity contribution >= 4 is 46.3 Å². The van der Waals surface area contributed by atoms with Gasteiger partial charge < -0.3 is 24.6 Å². The summed E-state index contributed by atoms with van der Waals surface area (Å²) in [5, 5.41) is 6.90. The van der Waals surface area contributed by atoms with E-state index in [1.165, 1.54) is 5.00 Å². The Bertz CT molecular complexity index is 747. The number of halogens is 1. The molecule has 2 aromatic rings. The number of thiophene rings is 1. The van der Waals surface area contributed by atoms with E-state index >= 15 is 0 Å². The Hall–Kier alpha value is -1.68. The Morgan fingerprint density at radius 2 is 1.89 bits per heavy atom. The SMILES string of the molecule is CCNC(=NCc1cccc(OC)c1OC)N1CCN(c2cccs2)CC1.I. The van der Waals surface area contributed by atoms with E-state index in [1.54, 1.807) is 25.6 Å². The van der Waals surface area contributed by atoms with Crippen LogP contribution in [0.2, 0.25) is 0 Å². The first-order valence-electron chi connectivity index (χ1n) is 9.28. The highest BCUT2D eigenvalue weighted by molar-refractivity contribution is 14.0. The quantitative estimate of drug-likeness (QED) is 0.361. The van der Waals surface area contributed by atoms with Gasteiger partial charge in [-0.25, -0.2) is 4.99 Å². The van der Waals surface area contributed by atoms with Gasteiger partial charge in [0.15, 0.2) is 17.5 Å². The summed E-state index contributed by atoms with van der Waals surface area (Å²) in [5.41, 5.74) is 1.02. The number of piperazine rings is 1. The van der Waals surface area contributed by atoms with Crippen molar-refractivity contribution in [3.63, 3.8) is 0 Å². The molecule has 154 valence electrons. The maximum absolute atomic E-state index is 5.53. The van der Waals surface area contributed by atoms with E-state index in [1.807, 2.05) is 18.2 Å². The number of benzene rings is 1.